The van der Waals surface area contributed by atoms with Crippen molar-refractivity contribution in [1.29, 1.82) is 0 Å². The highest BCUT2D eigenvalue weighted by Crippen LogP contribution is 2.45. The Balaban J connectivity index is 1.92. The number of nitrogens with zero attached hydrogens (tertiary/aromatic N) is 1. The fourth-order valence-electron chi connectivity index (χ4n) is 4.57. The molecule has 0 bridgehead atoms. The Morgan fingerprint density at radius 1 is 0.846 bits per heavy atom. The molecule has 0 aliphatic rings. The summed E-state index contributed by atoms with van der Waals surface area (Å²) in [6.45, 7) is 0. The van der Waals surface area contributed by atoms with Crippen LogP contribution in [0.1, 0.15) is 11.1 Å². The molecule has 0 spiro atoms. The Bertz CT molecular complexity index is 1850. The summed E-state index contributed by atoms with van der Waals surface area (Å²) in [6.07, 6.45) is 4.11. The first kappa shape index (κ1) is 26.8. The van der Waals surface area contributed by atoms with Crippen molar-refractivity contribution in [3.8, 4) is 33.5 Å². The van der Waals surface area contributed by atoms with Crippen molar-refractivity contribution in [3.63, 3.8) is 0 Å². The van der Waals surface area contributed by atoms with E-state index in [1.165, 1.54) is 30.9 Å². The zero-order valence-electron chi connectivity index (χ0n) is 20.7. The second kappa shape index (κ2) is 10.4. The van der Waals surface area contributed by atoms with Gasteiger partial charge < -0.3 is 4.42 Å². The lowest BCUT2D eigenvalue weighted by atomic mass is 9.85. The molecule has 0 saturated heterocycles. The van der Waals surface area contributed by atoms with Gasteiger partial charge in [0.05, 0.1) is 9.79 Å². The van der Waals surface area contributed by atoms with Crippen molar-refractivity contribution in [3.05, 3.63) is 114 Å². The second-order valence-corrected chi connectivity index (χ2v) is 13.0. The molecule has 0 unspecified atom stereocenters. The van der Waals surface area contributed by atoms with Gasteiger partial charge in [0.25, 0.3) is 0 Å². The van der Waals surface area contributed by atoms with Crippen molar-refractivity contribution in [1.82, 2.24) is 4.98 Å². The quantitative estimate of drug-likeness (QED) is 0.254. The first-order valence-corrected chi connectivity index (χ1v) is 15.6. The molecule has 10 heteroatoms. The number of primary sulfonamides is 1. The fraction of sp³-hybridized carbons (Fsp3) is 0.0690. The molecular formula is C29H23ClN2O5S2. The third-order valence-electron chi connectivity index (χ3n) is 6.34. The molecule has 0 aliphatic carbocycles. The number of hydrogen-bond donors (Lipinski definition) is 1. The molecule has 39 heavy (non-hydrogen) atoms. The number of sulfonamides is 1. The predicted molar refractivity (Wildman–Crippen MR) is 152 cm³/mol. The molecule has 0 atom stereocenters. The van der Waals surface area contributed by atoms with E-state index in [4.69, 9.17) is 21.2 Å². The van der Waals surface area contributed by atoms with Crippen LogP contribution in [0.4, 0.5) is 0 Å². The van der Waals surface area contributed by atoms with Gasteiger partial charge in [0.1, 0.15) is 12.0 Å². The maximum Gasteiger partial charge on any atom is 0.238 e. The average Bonchev–Trinajstić information content (AvgIpc) is 3.43. The second-order valence-electron chi connectivity index (χ2n) is 9.04. The summed E-state index contributed by atoms with van der Waals surface area (Å²) in [5.74, 6) is 0. The van der Waals surface area contributed by atoms with Gasteiger partial charge in [0, 0.05) is 16.8 Å². The van der Waals surface area contributed by atoms with E-state index in [0.717, 1.165) is 17.4 Å². The third kappa shape index (κ3) is 5.67. The molecule has 0 aliphatic heterocycles. The Hall–Kier alpha value is -3.76. The van der Waals surface area contributed by atoms with Gasteiger partial charge in [0.15, 0.2) is 16.2 Å². The summed E-state index contributed by atoms with van der Waals surface area (Å²) in [5, 5.41) is 6.34. The molecule has 7 nitrogen and oxygen atoms in total. The van der Waals surface area contributed by atoms with Crippen LogP contribution in [0.2, 0.25) is 5.02 Å². The van der Waals surface area contributed by atoms with Crippen LogP contribution >= 0.6 is 11.6 Å². The largest absolute Gasteiger partial charge is 0.451 e. The summed E-state index contributed by atoms with van der Waals surface area (Å²) in [6, 6.07) is 24.4. The lowest BCUT2D eigenvalue weighted by Gasteiger charge is -2.22. The number of nitrogens with two attached hydrogens (primary N) is 1. The van der Waals surface area contributed by atoms with E-state index in [-0.39, 0.29) is 16.2 Å². The van der Waals surface area contributed by atoms with E-state index >= 15 is 0 Å². The average molecular weight is 579 g/mol. The predicted octanol–water partition coefficient (Wildman–Crippen LogP) is 5.97. The van der Waals surface area contributed by atoms with Crippen molar-refractivity contribution in [2.75, 3.05) is 6.26 Å². The van der Waals surface area contributed by atoms with E-state index in [1.54, 1.807) is 24.3 Å². The van der Waals surface area contributed by atoms with E-state index in [2.05, 4.69) is 4.98 Å². The molecule has 1 heterocycles. The summed E-state index contributed by atoms with van der Waals surface area (Å²) < 4.78 is 55.6. The minimum atomic E-state index is -4.21. The molecule has 0 saturated carbocycles. The van der Waals surface area contributed by atoms with Crippen molar-refractivity contribution < 1.29 is 21.3 Å². The molecule has 1 aromatic heterocycles. The van der Waals surface area contributed by atoms with Gasteiger partial charge in [-0.2, -0.15) is 0 Å². The molecule has 198 valence electrons. The highest BCUT2D eigenvalue weighted by atomic mass is 35.5. The molecule has 0 amide bonds. The minimum absolute atomic E-state index is 0.0655. The van der Waals surface area contributed by atoms with Gasteiger partial charge in [0.2, 0.25) is 10.0 Å². The van der Waals surface area contributed by atoms with Gasteiger partial charge in [-0.1, -0.05) is 66.2 Å². The lowest BCUT2D eigenvalue weighted by Crippen LogP contribution is -2.16. The van der Waals surface area contributed by atoms with Crippen LogP contribution in [0.25, 0.3) is 33.5 Å². The van der Waals surface area contributed by atoms with Crippen LogP contribution in [0.15, 0.2) is 112 Å². The topological polar surface area (TPSA) is 120 Å². The highest BCUT2D eigenvalue weighted by molar-refractivity contribution is 7.90. The number of oxazole rings is 1. The fourth-order valence-corrected chi connectivity index (χ4v) is 6.13. The Kier molecular flexibility index (Phi) is 7.17. The summed E-state index contributed by atoms with van der Waals surface area (Å²) in [7, 11) is -7.65. The van der Waals surface area contributed by atoms with Gasteiger partial charge in [-0.15, -0.1) is 0 Å². The standard InChI is InChI=1S/C29H23ClN2O5S2/c1-38(33,34)23-13-9-20(10-14-23)24-16-27(39(31,35)36)25(15-19-5-3-2-4-6-19)29(26-17-37-18-32-26)28(24)21-7-11-22(30)12-8-21/h2-14,16-18H,15H2,1H3,(H2,31,35,36). The van der Waals surface area contributed by atoms with Gasteiger partial charge in [-0.25, -0.2) is 27.0 Å². The van der Waals surface area contributed by atoms with E-state index < -0.39 is 19.9 Å². The maximum atomic E-state index is 13.1. The van der Waals surface area contributed by atoms with Crippen LogP contribution in [-0.4, -0.2) is 28.1 Å². The lowest BCUT2D eigenvalue weighted by molar-refractivity contribution is 0.558. The molecule has 0 radical (unpaired) electrons. The van der Waals surface area contributed by atoms with Crippen molar-refractivity contribution in [2.24, 2.45) is 5.14 Å². The Morgan fingerprint density at radius 2 is 1.49 bits per heavy atom. The SMILES string of the molecule is CS(=O)(=O)c1ccc(-c2cc(S(N)(=O)=O)c(Cc3ccccc3)c(-c3cocn3)c2-c2ccc(Cl)cc2)cc1. The van der Waals surface area contributed by atoms with Crippen molar-refractivity contribution >= 4 is 31.5 Å². The van der Waals surface area contributed by atoms with Crippen LogP contribution in [0.3, 0.4) is 0 Å². The Morgan fingerprint density at radius 3 is 2.05 bits per heavy atom. The maximum absolute atomic E-state index is 13.1. The van der Waals surface area contributed by atoms with Gasteiger partial charge in [-0.05, 0) is 70.1 Å². The minimum Gasteiger partial charge on any atom is -0.451 e. The number of hydrogen-bond acceptors (Lipinski definition) is 6. The van der Waals surface area contributed by atoms with Crippen LogP contribution < -0.4 is 5.14 Å². The number of halogens is 1. The number of benzene rings is 4. The summed E-state index contributed by atoms with van der Waals surface area (Å²) in [4.78, 5) is 4.47. The first-order valence-electron chi connectivity index (χ1n) is 11.7. The van der Waals surface area contributed by atoms with Gasteiger partial charge in [-0.3, -0.25) is 0 Å². The Labute approximate surface area is 231 Å². The molecule has 4 aromatic carbocycles. The van der Waals surface area contributed by atoms with E-state index in [9.17, 15) is 16.8 Å². The monoisotopic (exact) mass is 578 g/mol. The molecular weight excluding hydrogens is 556 g/mol. The van der Waals surface area contributed by atoms with E-state index in [0.29, 0.717) is 38.5 Å². The number of rotatable bonds is 7. The highest BCUT2D eigenvalue weighted by Gasteiger charge is 2.27. The molecule has 2 N–H and O–H groups in total. The van der Waals surface area contributed by atoms with Crippen LogP contribution in [0, 0.1) is 0 Å². The normalized spacial score (nSPS) is 12.0. The first-order chi connectivity index (χ1) is 18.5. The van der Waals surface area contributed by atoms with Crippen LogP contribution in [0.5, 0.6) is 0 Å². The zero-order chi connectivity index (χ0) is 27.8. The molecule has 0 fully saturated rings. The van der Waals surface area contributed by atoms with Crippen molar-refractivity contribution in [2.45, 2.75) is 16.2 Å². The summed E-state index contributed by atoms with van der Waals surface area (Å²) in [5.41, 5.74) is 4.82. The number of sulfone groups is 1. The molecule has 5 aromatic rings. The van der Waals surface area contributed by atoms with Gasteiger partial charge >= 0.3 is 0 Å². The summed E-state index contributed by atoms with van der Waals surface area (Å²) >= 11 is 6.20. The number of aromatic nitrogens is 1. The van der Waals surface area contributed by atoms with Crippen LogP contribution in [-0.2, 0) is 26.3 Å². The molecule has 5 rings (SSSR count). The smallest absolute Gasteiger partial charge is 0.238 e. The van der Waals surface area contributed by atoms with E-state index in [1.807, 2.05) is 42.5 Å². The zero-order valence-corrected chi connectivity index (χ0v) is 23.1. The third-order valence-corrected chi connectivity index (χ3v) is 8.70.